The molecule has 0 saturated heterocycles. The van der Waals surface area contributed by atoms with E-state index in [1.165, 1.54) is 0 Å². The number of hydrogen-bond donors (Lipinski definition) is 2. The molecule has 0 aliphatic heterocycles. The van der Waals surface area contributed by atoms with Crippen LogP contribution >= 0.6 is 0 Å². The van der Waals surface area contributed by atoms with Crippen molar-refractivity contribution in [3.63, 3.8) is 0 Å². The Balaban J connectivity index is 2.70. The number of sulfonamides is 1. The molecule has 0 saturated carbocycles. The lowest BCUT2D eigenvalue weighted by Gasteiger charge is -2.19. The van der Waals surface area contributed by atoms with Gasteiger partial charge in [0.15, 0.2) is 0 Å². The Bertz CT molecular complexity index is 530. The Morgan fingerprint density at radius 3 is 2.19 bits per heavy atom. The zero-order valence-corrected chi connectivity index (χ0v) is 14.5. The second kappa shape index (κ2) is 7.27. The van der Waals surface area contributed by atoms with Gasteiger partial charge in [-0.3, -0.25) is 4.72 Å². The molecule has 0 aliphatic rings. The fourth-order valence-corrected chi connectivity index (χ4v) is 3.81. The zero-order valence-electron chi connectivity index (χ0n) is 13.7. The summed E-state index contributed by atoms with van der Waals surface area (Å²) in [7, 11) is -3.31. The summed E-state index contributed by atoms with van der Waals surface area (Å²) >= 11 is 0. The Morgan fingerprint density at radius 2 is 1.71 bits per heavy atom. The molecule has 1 atom stereocenters. The highest BCUT2D eigenvalue weighted by Crippen LogP contribution is 2.20. The van der Waals surface area contributed by atoms with Gasteiger partial charge >= 0.3 is 0 Å². The highest BCUT2D eigenvalue weighted by Gasteiger charge is 2.21. The van der Waals surface area contributed by atoms with Gasteiger partial charge in [-0.25, -0.2) is 8.42 Å². The third-order valence-electron chi connectivity index (χ3n) is 3.01. The lowest BCUT2D eigenvalue weighted by molar-refractivity contribution is 0.463. The van der Waals surface area contributed by atoms with Gasteiger partial charge in [0.25, 0.3) is 0 Å². The van der Waals surface area contributed by atoms with Gasteiger partial charge in [-0.05, 0) is 43.0 Å². The van der Waals surface area contributed by atoms with Crippen LogP contribution in [0.25, 0.3) is 0 Å². The van der Waals surface area contributed by atoms with Crippen LogP contribution in [0.3, 0.4) is 0 Å². The Morgan fingerprint density at radius 1 is 1.14 bits per heavy atom. The molecule has 0 fully saturated rings. The van der Waals surface area contributed by atoms with Crippen LogP contribution in [0.4, 0.5) is 5.69 Å². The Hall–Kier alpha value is -1.07. The highest BCUT2D eigenvalue weighted by molar-refractivity contribution is 7.92. The van der Waals surface area contributed by atoms with Gasteiger partial charge in [0.2, 0.25) is 10.0 Å². The second-order valence-corrected chi connectivity index (χ2v) is 8.44. The summed E-state index contributed by atoms with van der Waals surface area (Å²) in [5.41, 5.74) is 1.51. The number of hydrogen-bond acceptors (Lipinski definition) is 3. The fourth-order valence-electron chi connectivity index (χ4n) is 2.10. The van der Waals surface area contributed by atoms with E-state index >= 15 is 0 Å². The number of nitrogens with one attached hydrogen (secondary N) is 2. The van der Waals surface area contributed by atoms with Gasteiger partial charge in [0.1, 0.15) is 0 Å². The van der Waals surface area contributed by atoms with Gasteiger partial charge in [-0.2, -0.15) is 0 Å². The van der Waals surface area contributed by atoms with Gasteiger partial charge in [-0.15, -0.1) is 0 Å². The molecule has 0 amide bonds. The predicted octanol–water partition coefficient (Wildman–Crippen LogP) is 3.54. The van der Waals surface area contributed by atoms with Crippen molar-refractivity contribution in [2.75, 3.05) is 17.0 Å². The molecule has 5 heteroatoms. The van der Waals surface area contributed by atoms with E-state index in [0.29, 0.717) is 5.69 Å². The summed E-state index contributed by atoms with van der Waals surface area (Å²) in [6.45, 7) is 11.0. The second-order valence-electron chi connectivity index (χ2n) is 6.72. The molecule has 0 bridgehead atoms. The lowest BCUT2D eigenvalue weighted by atomic mass is 10.0. The van der Waals surface area contributed by atoms with E-state index in [0.717, 1.165) is 18.5 Å². The topological polar surface area (TPSA) is 58.2 Å². The molecule has 1 unspecified atom stereocenters. The smallest absolute Gasteiger partial charge is 0.233 e. The van der Waals surface area contributed by atoms with Gasteiger partial charge in [0, 0.05) is 11.7 Å². The van der Waals surface area contributed by atoms with Crippen LogP contribution in [0.15, 0.2) is 24.3 Å². The molecule has 0 radical (unpaired) electrons. The van der Waals surface area contributed by atoms with Crippen molar-refractivity contribution in [3.05, 3.63) is 29.8 Å². The van der Waals surface area contributed by atoms with Crippen molar-refractivity contribution in [2.45, 2.75) is 47.1 Å². The normalized spacial score (nSPS) is 14.0. The first-order chi connectivity index (χ1) is 9.63. The third kappa shape index (κ3) is 6.96. The van der Waals surface area contributed by atoms with E-state index in [-0.39, 0.29) is 17.2 Å². The van der Waals surface area contributed by atoms with E-state index < -0.39 is 10.0 Å². The average Bonchev–Trinajstić information content (AvgIpc) is 2.33. The van der Waals surface area contributed by atoms with E-state index in [9.17, 15) is 8.42 Å². The predicted molar refractivity (Wildman–Crippen MR) is 90.0 cm³/mol. The molecule has 0 spiro atoms. The van der Waals surface area contributed by atoms with E-state index in [1.807, 2.05) is 45.0 Å². The molecule has 2 N–H and O–H groups in total. The first kappa shape index (κ1) is 18.0. The molecular formula is C16H28N2O2S. The molecule has 21 heavy (non-hydrogen) atoms. The van der Waals surface area contributed by atoms with E-state index in [2.05, 4.69) is 23.9 Å². The van der Waals surface area contributed by atoms with Crippen LogP contribution in [0.1, 0.15) is 52.6 Å². The van der Waals surface area contributed by atoms with Gasteiger partial charge in [-0.1, -0.05) is 39.8 Å². The molecule has 1 aromatic carbocycles. The molecule has 1 aromatic rings. The van der Waals surface area contributed by atoms with Crippen LogP contribution in [0, 0.1) is 5.41 Å². The van der Waals surface area contributed by atoms with Crippen molar-refractivity contribution in [3.8, 4) is 0 Å². The van der Waals surface area contributed by atoms with E-state index in [1.54, 1.807) is 0 Å². The summed E-state index contributed by atoms with van der Waals surface area (Å²) in [4.78, 5) is 0. The third-order valence-corrected chi connectivity index (χ3v) is 4.80. The summed E-state index contributed by atoms with van der Waals surface area (Å²) in [6.07, 6.45) is 1.09. The number of rotatable bonds is 7. The maximum absolute atomic E-state index is 12.1. The van der Waals surface area contributed by atoms with Crippen molar-refractivity contribution < 1.29 is 8.42 Å². The minimum absolute atomic E-state index is 0.107. The Kier molecular flexibility index (Phi) is 6.23. The van der Waals surface area contributed by atoms with Gasteiger partial charge < -0.3 is 5.32 Å². The SMILES string of the molecule is CCCNC(C)c1ccc(NS(=O)(=O)CC(C)(C)C)cc1. The van der Waals surface area contributed by atoms with Crippen LogP contribution in [-0.2, 0) is 10.0 Å². The van der Waals surface area contributed by atoms with Crippen molar-refractivity contribution in [2.24, 2.45) is 5.41 Å². The monoisotopic (exact) mass is 312 g/mol. The maximum Gasteiger partial charge on any atom is 0.233 e. The highest BCUT2D eigenvalue weighted by atomic mass is 32.2. The fraction of sp³-hybridized carbons (Fsp3) is 0.625. The first-order valence-corrected chi connectivity index (χ1v) is 9.12. The van der Waals surface area contributed by atoms with Crippen LogP contribution < -0.4 is 10.0 Å². The summed E-state index contributed by atoms with van der Waals surface area (Å²) in [5, 5.41) is 3.41. The standard InChI is InChI=1S/C16H28N2O2S/c1-6-11-17-13(2)14-7-9-15(10-8-14)18-21(19,20)12-16(3,4)5/h7-10,13,17-18H,6,11-12H2,1-5H3. The molecule has 0 aromatic heterocycles. The maximum atomic E-state index is 12.1. The molecule has 120 valence electrons. The van der Waals surface area contributed by atoms with Crippen molar-refractivity contribution >= 4 is 15.7 Å². The number of benzene rings is 1. The summed E-state index contributed by atoms with van der Waals surface area (Å²) in [5.74, 6) is 0.107. The largest absolute Gasteiger partial charge is 0.310 e. The number of anilines is 1. The molecule has 0 aliphatic carbocycles. The molecule has 0 heterocycles. The Labute approximate surface area is 129 Å². The lowest BCUT2D eigenvalue weighted by Crippen LogP contribution is -2.26. The van der Waals surface area contributed by atoms with Crippen molar-refractivity contribution in [1.29, 1.82) is 0 Å². The quantitative estimate of drug-likeness (QED) is 0.809. The van der Waals surface area contributed by atoms with Crippen LogP contribution in [0.5, 0.6) is 0 Å². The average molecular weight is 312 g/mol. The summed E-state index contributed by atoms with van der Waals surface area (Å²) < 4.78 is 26.7. The minimum atomic E-state index is -3.31. The molecule has 4 nitrogen and oxygen atoms in total. The van der Waals surface area contributed by atoms with Crippen LogP contribution in [-0.4, -0.2) is 20.7 Å². The summed E-state index contributed by atoms with van der Waals surface area (Å²) in [6, 6.07) is 7.83. The zero-order chi connectivity index (χ0) is 16.1. The first-order valence-electron chi connectivity index (χ1n) is 7.47. The van der Waals surface area contributed by atoms with E-state index in [4.69, 9.17) is 0 Å². The minimum Gasteiger partial charge on any atom is -0.310 e. The van der Waals surface area contributed by atoms with Gasteiger partial charge in [0.05, 0.1) is 5.75 Å². The molecular weight excluding hydrogens is 284 g/mol. The van der Waals surface area contributed by atoms with Crippen LogP contribution in [0.2, 0.25) is 0 Å². The molecule has 1 rings (SSSR count). The van der Waals surface area contributed by atoms with Crippen molar-refractivity contribution in [1.82, 2.24) is 5.32 Å².